The summed E-state index contributed by atoms with van der Waals surface area (Å²) in [5.41, 5.74) is 17.3. The number of fused-ring (bicyclic) bond motifs is 21. The maximum Gasteiger partial charge on any atom is 0.138 e. The van der Waals surface area contributed by atoms with Gasteiger partial charge in [-0.2, -0.15) is 0 Å². The molecule has 2 aliphatic carbocycles. The zero-order valence-corrected chi connectivity index (χ0v) is 36.4. The van der Waals surface area contributed by atoms with Gasteiger partial charge in [0.2, 0.25) is 0 Å². The van der Waals surface area contributed by atoms with E-state index in [0.29, 0.717) is 0 Å². The van der Waals surface area contributed by atoms with Crippen molar-refractivity contribution in [3.8, 4) is 33.4 Å². The highest BCUT2D eigenvalue weighted by atomic mass is 16.3. The average molecular weight is 850 g/mol. The van der Waals surface area contributed by atoms with Gasteiger partial charge < -0.3 is 9.32 Å². The normalized spacial score (nSPS) is 13.2. The van der Waals surface area contributed by atoms with E-state index in [1.54, 1.807) is 0 Å². The standard InChI is InChI=1S/C65H39NO/c1-2-16-40(17-3-1)41-30-32-42(33-31-41)66(43-34-35-51-50-24-12-15-29-59(50)65(60(51)36-43)57-27-13-10-22-48(57)49-23-11-14-28-58(49)65)61-39-63-64(53-26-9-8-25-52(53)61)56-37-54-46-20-6-4-18-44(46)45-19-5-7-21-47(45)55(54)38-62(56)67-63/h1-39H. The molecule has 0 saturated carbocycles. The summed E-state index contributed by atoms with van der Waals surface area (Å²) in [6.45, 7) is 0. The van der Waals surface area contributed by atoms with Crippen molar-refractivity contribution in [1.82, 2.24) is 0 Å². The second-order valence-electron chi connectivity index (χ2n) is 18.3. The second kappa shape index (κ2) is 13.7. The van der Waals surface area contributed by atoms with Gasteiger partial charge in [0.1, 0.15) is 11.2 Å². The Labute approximate surface area is 387 Å². The topological polar surface area (TPSA) is 16.4 Å². The largest absolute Gasteiger partial charge is 0.456 e. The highest BCUT2D eigenvalue weighted by Crippen LogP contribution is 2.63. The van der Waals surface area contributed by atoms with E-state index in [0.717, 1.165) is 49.8 Å². The summed E-state index contributed by atoms with van der Waals surface area (Å²) in [7, 11) is 0. The van der Waals surface area contributed by atoms with Crippen molar-refractivity contribution < 1.29 is 4.42 Å². The van der Waals surface area contributed by atoms with Crippen LogP contribution in [0, 0.1) is 0 Å². The van der Waals surface area contributed by atoms with Gasteiger partial charge in [0.15, 0.2) is 0 Å². The minimum atomic E-state index is -0.473. The molecule has 2 aliphatic rings. The first-order valence-electron chi connectivity index (χ1n) is 23.2. The van der Waals surface area contributed by atoms with Crippen LogP contribution in [0.1, 0.15) is 22.3 Å². The second-order valence-corrected chi connectivity index (χ2v) is 18.3. The van der Waals surface area contributed by atoms with Crippen LogP contribution in [-0.2, 0) is 5.41 Å². The molecule has 67 heavy (non-hydrogen) atoms. The summed E-state index contributed by atoms with van der Waals surface area (Å²) in [6, 6.07) is 87.5. The van der Waals surface area contributed by atoms with Gasteiger partial charge in [-0.15, -0.1) is 0 Å². The summed E-state index contributed by atoms with van der Waals surface area (Å²) in [4.78, 5) is 2.46. The van der Waals surface area contributed by atoms with E-state index in [4.69, 9.17) is 4.42 Å². The number of anilines is 3. The Morgan fingerprint density at radius 2 is 0.746 bits per heavy atom. The molecule has 1 aromatic heterocycles. The van der Waals surface area contributed by atoms with Gasteiger partial charge in [-0.3, -0.25) is 0 Å². The van der Waals surface area contributed by atoms with Crippen molar-refractivity contribution in [1.29, 1.82) is 0 Å². The van der Waals surface area contributed by atoms with Gasteiger partial charge in [-0.25, -0.2) is 0 Å². The van der Waals surface area contributed by atoms with Gasteiger partial charge >= 0.3 is 0 Å². The van der Waals surface area contributed by atoms with Crippen LogP contribution in [0.3, 0.4) is 0 Å². The Hall–Kier alpha value is -8.72. The lowest BCUT2D eigenvalue weighted by Gasteiger charge is -2.32. The number of benzene rings is 12. The van der Waals surface area contributed by atoms with Crippen LogP contribution in [0.5, 0.6) is 0 Å². The number of hydrogen-bond donors (Lipinski definition) is 0. The Morgan fingerprint density at radius 1 is 0.284 bits per heavy atom. The van der Waals surface area contributed by atoms with Gasteiger partial charge in [-0.05, 0) is 130 Å². The molecule has 1 heterocycles. The van der Waals surface area contributed by atoms with Crippen molar-refractivity contribution in [3.05, 3.63) is 259 Å². The van der Waals surface area contributed by atoms with Crippen LogP contribution >= 0.6 is 0 Å². The van der Waals surface area contributed by atoms with E-state index in [-0.39, 0.29) is 0 Å². The highest BCUT2D eigenvalue weighted by molar-refractivity contribution is 6.30. The van der Waals surface area contributed by atoms with Crippen molar-refractivity contribution in [2.45, 2.75) is 5.41 Å². The number of nitrogens with zero attached hydrogens (tertiary/aromatic N) is 1. The number of hydrogen-bond acceptors (Lipinski definition) is 2. The summed E-state index contributed by atoms with van der Waals surface area (Å²) < 4.78 is 7.11. The van der Waals surface area contributed by atoms with Gasteiger partial charge in [0.25, 0.3) is 0 Å². The molecular weight excluding hydrogens is 811 g/mol. The van der Waals surface area contributed by atoms with Crippen molar-refractivity contribution in [2.24, 2.45) is 0 Å². The van der Waals surface area contributed by atoms with Crippen LogP contribution in [0.15, 0.2) is 241 Å². The molecule has 0 N–H and O–H groups in total. The number of furan rings is 1. The predicted molar refractivity (Wildman–Crippen MR) is 280 cm³/mol. The maximum absolute atomic E-state index is 7.11. The Morgan fingerprint density at radius 3 is 1.36 bits per heavy atom. The van der Waals surface area contributed by atoms with Crippen molar-refractivity contribution in [2.75, 3.05) is 4.90 Å². The maximum atomic E-state index is 7.11. The zero-order valence-electron chi connectivity index (χ0n) is 36.4. The monoisotopic (exact) mass is 849 g/mol. The lowest BCUT2D eigenvalue weighted by molar-refractivity contribution is 0.670. The molecule has 0 fully saturated rings. The molecule has 0 bridgehead atoms. The van der Waals surface area contributed by atoms with Gasteiger partial charge in [-0.1, -0.05) is 194 Å². The molecule has 15 rings (SSSR count). The van der Waals surface area contributed by atoms with Crippen molar-refractivity contribution in [3.63, 3.8) is 0 Å². The van der Waals surface area contributed by atoms with E-state index in [9.17, 15) is 0 Å². The Balaban J connectivity index is 1.01. The predicted octanol–water partition coefficient (Wildman–Crippen LogP) is 17.7. The zero-order chi connectivity index (χ0) is 43.8. The van der Waals surface area contributed by atoms with E-state index in [1.807, 2.05) is 0 Å². The molecule has 0 unspecified atom stereocenters. The molecule has 13 aromatic rings. The minimum absolute atomic E-state index is 0.473. The van der Waals surface area contributed by atoms with E-state index >= 15 is 0 Å². The Bertz CT molecular complexity index is 4150. The van der Waals surface area contributed by atoms with Crippen LogP contribution in [0.4, 0.5) is 17.1 Å². The molecule has 0 saturated heterocycles. The first-order chi connectivity index (χ1) is 33.2. The average Bonchev–Trinajstić information content (AvgIpc) is 4.02. The fourth-order valence-electron chi connectivity index (χ4n) is 12.3. The Kier molecular flexibility index (Phi) is 7.46. The molecule has 1 spiro atoms. The third-order valence-corrected chi connectivity index (χ3v) is 15.0. The smallest absolute Gasteiger partial charge is 0.138 e. The summed E-state index contributed by atoms with van der Waals surface area (Å²) in [6.07, 6.45) is 0. The third kappa shape index (κ3) is 4.94. The molecule has 12 aromatic carbocycles. The van der Waals surface area contributed by atoms with Crippen LogP contribution in [-0.4, -0.2) is 0 Å². The fourth-order valence-corrected chi connectivity index (χ4v) is 12.3. The first-order valence-corrected chi connectivity index (χ1v) is 23.2. The minimum Gasteiger partial charge on any atom is -0.456 e. The van der Waals surface area contributed by atoms with Crippen LogP contribution in [0.2, 0.25) is 0 Å². The SMILES string of the molecule is c1ccc(-c2ccc(N(c3ccc4c(c3)C3(c5ccccc5-c5ccccc53)c3ccccc3-4)c3cc4oc5cc6c7ccccc7c7ccccc7c6cc5c4c4ccccc34)cc2)cc1. The lowest BCUT2D eigenvalue weighted by Crippen LogP contribution is -2.26. The highest BCUT2D eigenvalue weighted by Gasteiger charge is 2.51. The summed E-state index contributed by atoms with van der Waals surface area (Å²) in [5, 5.41) is 12.0. The first kappa shape index (κ1) is 36.6. The molecule has 0 atom stereocenters. The third-order valence-electron chi connectivity index (χ3n) is 15.0. The van der Waals surface area contributed by atoms with Crippen molar-refractivity contribution >= 4 is 82.1 Å². The van der Waals surface area contributed by atoms with Crippen LogP contribution in [0.25, 0.3) is 98.4 Å². The van der Waals surface area contributed by atoms with E-state index < -0.39 is 5.41 Å². The fraction of sp³-hybridized carbons (Fsp3) is 0.0154. The molecular formula is C65H39NO. The van der Waals surface area contributed by atoms with E-state index in [1.165, 1.54) is 88.0 Å². The molecule has 0 radical (unpaired) electrons. The molecule has 2 nitrogen and oxygen atoms in total. The summed E-state index contributed by atoms with van der Waals surface area (Å²) >= 11 is 0. The molecule has 0 aliphatic heterocycles. The molecule has 0 amide bonds. The van der Waals surface area contributed by atoms with Crippen LogP contribution < -0.4 is 4.90 Å². The number of rotatable bonds is 4. The van der Waals surface area contributed by atoms with Gasteiger partial charge in [0.05, 0.1) is 11.1 Å². The summed E-state index contributed by atoms with van der Waals surface area (Å²) in [5.74, 6) is 0. The molecule has 310 valence electrons. The van der Waals surface area contributed by atoms with E-state index in [2.05, 4.69) is 241 Å². The molecule has 2 heteroatoms. The quantitative estimate of drug-likeness (QED) is 0.164. The van der Waals surface area contributed by atoms with Gasteiger partial charge in [0, 0.05) is 33.6 Å². The lowest BCUT2D eigenvalue weighted by atomic mass is 9.70.